The third-order valence-corrected chi connectivity index (χ3v) is 4.04. The van der Waals surface area contributed by atoms with Gasteiger partial charge in [0, 0.05) is 16.8 Å². The Morgan fingerprint density at radius 3 is 2.94 bits per heavy atom. The Hall–Kier alpha value is -1.40. The van der Waals surface area contributed by atoms with E-state index in [0.717, 1.165) is 15.7 Å². The number of aromatic carboxylic acids is 1. The Labute approximate surface area is 100 Å². The highest BCUT2D eigenvalue weighted by Crippen LogP contribution is 2.25. The molecule has 0 unspecified atom stereocenters. The number of carboxylic acids is 1. The molecule has 16 heavy (non-hydrogen) atoms. The van der Waals surface area contributed by atoms with Crippen LogP contribution in [0.5, 0.6) is 0 Å². The van der Waals surface area contributed by atoms with Crippen molar-refractivity contribution in [2.75, 3.05) is 0 Å². The topological polar surface area (TPSA) is 63.1 Å². The molecule has 0 aliphatic heterocycles. The zero-order valence-corrected chi connectivity index (χ0v) is 9.79. The maximum absolute atomic E-state index is 10.7. The summed E-state index contributed by atoms with van der Waals surface area (Å²) in [6.45, 7) is 0. The first-order chi connectivity index (χ1) is 7.75. The van der Waals surface area contributed by atoms with E-state index in [4.69, 9.17) is 5.11 Å². The fourth-order valence-corrected chi connectivity index (χ4v) is 2.80. The van der Waals surface area contributed by atoms with Gasteiger partial charge in [-0.2, -0.15) is 0 Å². The van der Waals surface area contributed by atoms with Gasteiger partial charge in [0.05, 0.1) is 5.03 Å². The highest BCUT2D eigenvalue weighted by Gasteiger charge is 2.07. The van der Waals surface area contributed by atoms with Gasteiger partial charge in [0.1, 0.15) is 11.2 Å². The van der Waals surface area contributed by atoms with Gasteiger partial charge in [0.2, 0.25) is 0 Å². The molecule has 2 aromatic rings. The molecule has 0 fully saturated rings. The van der Waals surface area contributed by atoms with E-state index < -0.39 is 5.97 Å². The highest BCUT2D eigenvalue weighted by atomic mass is 32.2. The number of carbonyl (C=O) groups is 1. The lowest BCUT2D eigenvalue weighted by Gasteiger charge is -1.96. The zero-order valence-electron chi connectivity index (χ0n) is 8.16. The molecule has 0 saturated carbocycles. The average Bonchev–Trinajstić information content (AvgIpc) is 2.76. The summed E-state index contributed by atoms with van der Waals surface area (Å²) in [5, 5.41) is 9.66. The molecule has 6 heteroatoms. The summed E-state index contributed by atoms with van der Waals surface area (Å²) in [6, 6.07) is 5.29. The van der Waals surface area contributed by atoms with Crippen LogP contribution in [0.2, 0.25) is 0 Å². The number of rotatable bonds is 4. The van der Waals surface area contributed by atoms with Crippen LogP contribution in [0.25, 0.3) is 0 Å². The maximum Gasteiger partial charge on any atom is 0.345 e. The SMILES string of the molecule is O=C(O)c1ccc(CSc2ccncn2)s1. The van der Waals surface area contributed by atoms with E-state index in [0.29, 0.717) is 4.88 Å². The predicted molar refractivity (Wildman–Crippen MR) is 62.9 cm³/mol. The van der Waals surface area contributed by atoms with Gasteiger partial charge in [-0.1, -0.05) is 0 Å². The van der Waals surface area contributed by atoms with E-state index >= 15 is 0 Å². The summed E-state index contributed by atoms with van der Waals surface area (Å²) in [7, 11) is 0. The molecule has 2 aromatic heterocycles. The van der Waals surface area contributed by atoms with Crippen molar-refractivity contribution in [1.82, 2.24) is 9.97 Å². The second-order valence-corrected chi connectivity index (χ2v) is 5.07. The van der Waals surface area contributed by atoms with Crippen molar-refractivity contribution in [3.05, 3.63) is 40.5 Å². The maximum atomic E-state index is 10.7. The molecule has 0 amide bonds. The predicted octanol–water partition coefficient (Wildman–Crippen LogP) is 2.53. The Morgan fingerprint density at radius 1 is 1.44 bits per heavy atom. The van der Waals surface area contributed by atoms with Gasteiger partial charge >= 0.3 is 5.97 Å². The van der Waals surface area contributed by atoms with Crippen molar-refractivity contribution in [3.8, 4) is 0 Å². The van der Waals surface area contributed by atoms with E-state index in [1.807, 2.05) is 12.1 Å². The van der Waals surface area contributed by atoms with Gasteiger partial charge in [0.15, 0.2) is 0 Å². The van der Waals surface area contributed by atoms with Crippen LogP contribution in [0.4, 0.5) is 0 Å². The molecule has 1 N–H and O–H groups in total. The molecule has 4 nitrogen and oxygen atoms in total. The van der Waals surface area contributed by atoms with Crippen LogP contribution >= 0.6 is 23.1 Å². The highest BCUT2D eigenvalue weighted by molar-refractivity contribution is 7.98. The number of hydrogen-bond acceptors (Lipinski definition) is 5. The van der Waals surface area contributed by atoms with E-state index in [1.165, 1.54) is 17.7 Å². The summed E-state index contributed by atoms with van der Waals surface area (Å²) < 4.78 is 0. The molecule has 0 aliphatic carbocycles. The summed E-state index contributed by atoms with van der Waals surface area (Å²) >= 11 is 2.86. The first kappa shape index (κ1) is 11.1. The lowest BCUT2D eigenvalue weighted by molar-refractivity contribution is 0.0702. The Balaban J connectivity index is 1.97. The summed E-state index contributed by atoms with van der Waals surface area (Å²) in [5.41, 5.74) is 0. The van der Waals surface area contributed by atoms with Crippen LogP contribution in [-0.2, 0) is 5.75 Å². The first-order valence-corrected chi connectivity index (χ1v) is 6.27. The van der Waals surface area contributed by atoms with E-state index in [9.17, 15) is 4.79 Å². The van der Waals surface area contributed by atoms with Crippen LogP contribution in [0.3, 0.4) is 0 Å². The molecule has 82 valence electrons. The van der Waals surface area contributed by atoms with Gasteiger partial charge in [-0.05, 0) is 18.2 Å². The molecule has 0 saturated heterocycles. The van der Waals surface area contributed by atoms with Gasteiger partial charge in [-0.15, -0.1) is 23.1 Å². The minimum atomic E-state index is -0.872. The minimum Gasteiger partial charge on any atom is -0.477 e. The fourth-order valence-electron chi connectivity index (χ4n) is 1.08. The Kier molecular flexibility index (Phi) is 3.53. The molecular weight excluding hydrogens is 244 g/mol. The molecule has 0 radical (unpaired) electrons. The third-order valence-electron chi connectivity index (χ3n) is 1.79. The molecular formula is C10H8N2O2S2. The number of carboxylic acid groups (broad SMARTS) is 1. The number of thioether (sulfide) groups is 1. The second kappa shape index (κ2) is 5.09. The van der Waals surface area contributed by atoms with Crippen LogP contribution in [0, 0.1) is 0 Å². The van der Waals surface area contributed by atoms with Crippen LogP contribution in [0.15, 0.2) is 35.7 Å². The van der Waals surface area contributed by atoms with Crippen molar-refractivity contribution in [3.63, 3.8) is 0 Å². The van der Waals surface area contributed by atoms with Crippen LogP contribution < -0.4 is 0 Å². The monoisotopic (exact) mass is 252 g/mol. The summed E-state index contributed by atoms with van der Waals surface area (Å²) in [4.78, 5) is 20.0. The summed E-state index contributed by atoms with van der Waals surface area (Å²) in [5.74, 6) is -0.141. The van der Waals surface area contributed by atoms with Gasteiger partial charge in [-0.3, -0.25) is 0 Å². The number of thiophene rings is 1. The van der Waals surface area contributed by atoms with Gasteiger partial charge < -0.3 is 5.11 Å². The third kappa shape index (κ3) is 2.80. The Morgan fingerprint density at radius 2 is 2.31 bits per heavy atom. The lowest BCUT2D eigenvalue weighted by atomic mass is 10.4. The number of aromatic nitrogens is 2. The standard InChI is InChI=1S/C10H8N2O2S2/c13-10(14)8-2-1-7(16-8)5-15-9-3-4-11-6-12-9/h1-4,6H,5H2,(H,13,14). The molecule has 2 heterocycles. The van der Waals surface area contributed by atoms with E-state index in [2.05, 4.69) is 9.97 Å². The van der Waals surface area contributed by atoms with Crippen molar-refractivity contribution in [1.29, 1.82) is 0 Å². The molecule has 0 atom stereocenters. The average molecular weight is 252 g/mol. The van der Waals surface area contributed by atoms with E-state index in [-0.39, 0.29) is 0 Å². The van der Waals surface area contributed by atoms with Gasteiger partial charge in [0.25, 0.3) is 0 Å². The zero-order chi connectivity index (χ0) is 11.4. The number of nitrogens with zero attached hydrogens (tertiary/aromatic N) is 2. The first-order valence-electron chi connectivity index (χ1n) is 4.46. The van der Waals surface area contributed by atoms with Crippen molar-refractivity contribution >= 4 is 29.1 Å². The van der Waals surface area contributed by atoms with Crippen molar-refractivity contribution in [2.24, 2.45) is 0 Å². The lowest BCUT2D eigenvalue weighted by Crippen LogP contribution is -1.89. The summed E-state index contributed by atoms with van der Waals surface area (Å²) in [6.07, 6.45) is 3.19. The van der Waals surface area contributed by atoms with Crippen LogP contribution in [0.1, 0.15) is 14.5 Å². The normalized spacial score (nSPS) is 10.2. The van der Waals surface area contributed by atoms with Crippen molar-refractivity contribution < 1.29 is 9.90 Å². The Bertz CT molecular complexity index is 485. The molecule has 0 spiro atoms. The quantitative estimate of drug-likeness (QED) is 0.669. The smallest absolute Gasteiger partial charge is 0.345 e. The van der Waals surface area contributed by atoms with Crippen molar-refractivity contribution in [2.45, 2.75) is 10.8 Å². The minimum absolute atomic E-state index is 0.373. The number of hydrogen-bond donors (Lipinski definition) is 1. The largest absolute Gasteiger partial charge is 0.477 e. The fraction of sp³-hybridized carbons (Fsp3) is 0.100. The van der Waals surface area contributed by atoms with Gasteiger partial charge in [-0.25, -0.2) is 14.8 Å². The molecule has 0 aromatic carbocycles. The van der Waals surface area contributed by atoms with Crippen LogP contribution in [-0.4, -0.2) is 21.0 Å². The molecule has 0 aliphatic rings. The second-order valence-electron chi connectivity index (χ2n) is 2.91. The molecule has 0 bridgehead atoms. The van der Waals surface area contributed by atoms with E-state index in [1.54, 1.807) is 24.0 Å². The molecule has 2 rings (SSSR count).